The normalized spacial score (nSPS) is 12.9. The van der Waals surface area contributed by atoms with Gasteiger partial charge in [-0.05, 0) is 59.3 Å². The highest BCUT2D eigenvalue weighted by atomic mass is 32.1. The number of aryl methyl sites for hydroxylation is 2. The summed E-state index contributed by atoms with van der Waals surface area (Å²) in [6, 6.07) is 2.57. The molecule has 1 N–H and O–H groups in total. The number of hydrogen-bond acceptors (Lipinski definition) is 3. The van der Waals surface area contributed by atoms with Gasteiger partial charge in [-0.2, -0.15) is 11.3 Å². The van der Waals surface area contributed by atoms with E-state index in [9.17, 15) is 0 Å². The van der Waals surface area contributed by atoms with Crippen LogP contribution in [0.15, 0.2) is 22.2 Å². The molecule has 0 aliphatic rings. The molecule has 1 atom stereocenters. The third kappa shape index (κ3) is 2.21. The lowest BCUT2D eigenvalue weighted by Gasteiger charge is -2.18. The fourth-order valence-corrected chi connectivity index (χ4v) is 3.79. The highest BCUT2D eigenvalue weighted by Crippen LogP contribution is 2.32. The minimum absolute atomic E-state index is 0.372. The highest BCUT2D eigenvalue weighted by Gasteiger charge is 2.18. The lowest BCUT2D eigenvalue weighted by atomic mass is 10.0. The van der Waals surface area contributed by atoms with Gasteiger partial charge in [0.25, 0.3) is 0 Å². The Morgan fingerprint density at radius 2 is 2.06 bits per heavy atom. The molecule has 2 aromatic rings. The van der Waals surface area contributed by atoms with Crippen LogP contribution in [0.25, 0.3) is 0 Å². The SMILES string of the molecule is CCNC(c1cscc1C)c1sccc1C. The molecule has 2 rings (SSSR count). The molecule has 0 bridgehead atoms. The summed E-state index contributed by atoms with van der Waals surface area (Å²) in [5.74, 6) is 0. The molecule has 0 spiro atoms. The van der Waals surface area contributed by atoms with Crippen LogP contribution in [0, 0.1) is 13.8 Å². The lowest BCUT2D eigenvalue weighted by Crippen LogP contribution is -2.21. The number of rotatable bonds is 4. The van der Waals surface area contributed by atoms with E-state index in [4.69, 9.17) is 0 Å². The van der Waals surface area contributed by atoms with E-state index in [1.807, 2.05) is 11.3 Å². The summed E-state index contributed by atoms with van der Waals surface area (Å²) in [6.07, 6.45) is 0. The van der Waals surface area contributed by atoms with Crippen LogP contribution in [-0.2, 0) is 0 Å². The van der Waals surface area contributed by atoms with Crippen LogP contribution in [0.2, 0.25) is 0 Å². The summed E-state index contributed by atoms with van der Waals surface area (Å²) < 4.78 is 0. The van der Waals surface area contributed by atoms with E-state index < -0.39 is 0 Å². The largest absolute Gasteiger partial charge is 0.306 e. The van der Waals surface area contributed by atoms with Crippen molar-refractivity contribution in [2.24, 2.45) is 0 Å². The fraction of sp³-hybridized carbons (Fsp3) is 0.385. The second-order valence-electron chi connectivity index (χ2n) is 3.97. The third-order valence-corrected chi connectivity index (χ3v) is 4.74. The summed E-state index contributed by atoms with van der Waals surface area (Å²) in [6.45, 7) is 7.55. The molecule has 0 fully saturated rings. The molecule has 2 heterocycles. The van der Waals surface area contributed by atoms with Gasteiger partial charge in [0.15, 0.2) is 0 Å². The Bertz CT molecular complexity index is 416. The smallest absolute Gasteiger partial charge is 0.0684 e. The van der Waals surface area contributed by atoms with Crippen LogP contribution in [0.4, 0.5) is 0 Å². The summed E-state index contributed by atoms with van der Waals surface area (Å²) in [7, 11) is 0. The maximum atomic E-state index is 3.59. The first-order valence-corrected chi connectivity index (χ1v) is 7.36. The van der Waals surface area contributed by atoms with Crippen LogP contribution in [0.1, 0.15) is 34.5 Å². The second-order valence-corrected chi connectivity index (χ2v) is 5.66. The van der Waals surface area contributed by atoms with Crippen molar-refractivity contribution in [1.29, 1.82) is 0 Å². The van der Waals surface area contributed by atoms with Crippen LogP contribution < -0.4 is 5.32 Å². The minimum atomic E-state index is 0.372. The average molecular weight is 251 g/mol. The Kier molecular flexibility index (Phi) is 3.79. The topological polar surface area (TPSA) is 12.0 Å². The van der Waals surface area contributed by atoms with Gasteiger partial charge in [-0.25, -0.2) is 0 Å². The minimum Gasteiger partial charge on any atom is -0.306 e. The molecule has 0 saturated heterocycles. The Morgan fingerprint density at radius 1 is 1.25 bits per heavy atom. The van der Waals surface area contributed by atoms with Crippen LogP contribution in [-0.4, -0.2) is 6.54 Å². The van der Waals surface area contributed by atoms with Crippen LogP contribution in [0.3, 0.4) is 0 Å². The highest BCUT2D eigenvalue weighted by molar-refractivity contribution is 7.10. The molecular formula is C13H17NS2. The molecule has 2 aromatic heterocycles. The van der Waals surface area contributed by atoms with Gasteiger partial charge < -0.3 is 5.32 Å². The van der Waals surface area contributed by atoms with Crippen molar-refractivity contribution in [2.45, 2.75) is 26.8 Å². The molecule has 0 amide bonds. The molecule has 86 valence electrons. The maximum absolute atomic E-state index is 3.59. The van der Waals surface area contributed by atoms with Crippen molar-refractivity contribution >= 4 is 22.7 Å². The van der Waals surface area contributed by atoms with Gasteiger partial charge in [-0.15, -0.1) is 11.3 Å². The zero-order valence-corrected chi connectivity index (χ0v) is 11.5. The van der Waals surface area contributed by atoms with Gasteiger partial charge in [-0.1, -0.05) is 6.92 Å². The molecule has 1 unspecified atom stereocenters. The van der Waals surface area contributed by atoms with E-state index in [2.05, 4.69) is 48.3 Å². The van der Waals surface area contributed by atoms with Crippen LogP contribution in [0.5, 0.6) is 0 Å². The molecule has 3 heteroatoms. The van der Waals surface area contributed by atoms with E-state index >= 15 is 0 Å². The number of hydrogen-bond donors (Lipinski definition) is 1. The summed E-state index contributed by atoms with van der Waals surface area (Å²) in [5.41, 5.74) is 4.21. The second kappa shape index (κ2) is 5.13. The van der Waals surface area contributed by atoms with Crippen molar-refractivity contribution in [3.05, 3.63) is 43.8 Å². The summed E-state index contributed by atoms with van der Waals surface area (Å²) >= 11 is 3.63. The maximum Gasteiger partial charge on any atom is 0.0684 e. The molecule has 0 radical (unpaired) electrons. The Morgan fingerprint density at radius 3 is 2.56 bits per heavy atom. The molecule has 1 nitrogen and oxygen atoms in total. The van der Waals surface area contributed by atoms with Gasteiger partial charge in [0.2, 0.25) is 0 Å². The van der Waals surface area contributed by atoms with Gasteiger partial charge in [0, 0.05) is 4.88 Å². The van der Waals surface area contributed by atoms with Crippen molar-refractivity contribution in [1.82, 2.24) is 5.32 Å². The first kappa shape index (κ1) is 11.8. The van der Waals surface area contributed by atoms with E-state index in [0.717, 1.165) is 6.54 Å². The molecule has 0 aliphatic carbocycles. The van der Waals surface area contributed by atoms with Gasteiger partial charge in [0.1, 0.15) is 0 Å². The Hall–Kier alpha value is -0.640. The molecular weight excluding hydrogens is 234 g/mol. The van der Waals surface area contributed by atoms with Gasteiger partial charge >= 0.3 is 0 Å². The Balaban J connectivity index is 2.39. The zero-order valence-electron chi connectivity index (χ0n) is 9.91. The predicted molar refractivity (Wildman–Crippen MR) is 73.6 cm³/mol. The van der Waals surface area contributed by atoms with E-state index in [1.54, 1.807) is 11.3 Å². The third-order valence-electron chi connectivity index (χ3n) is 2.78. The lowest BCUT2D eigenvalue weighted by molar-refractivity contribution is 0.636. The van der Waals surface area contributed by atoms with E-state index in [-0.39, 0.29) is 0 Å². The molecule has 0 aliphatic heterocycles. The van der Waals surface area contributed by atoms with Crippen molar-refractivity contribution in [3.8, 4) is 0 Å². The first-order chi connectivity index (χ1) is 7.74. The molecule has 0 saturated carbocycles. The van der Waals surface area contributed by atoms with Gasteiger partial charge in [0.05, 0.1) is 6.04 Å². The standard InChI is InChI=1S/C13H17NS2/c1-4-14-12(11-8-15-7-10(11)3)13-9(2)5-6-16-13/h5-8,12,14H,4H2,1-3H3. The number of nitrogens with one attached hydrogen (secondary N) is 1. The first-order valence-electron chi connectivity index (χ1n) is 5.54. The van der Waals surface area contributed by atoms with E-state index in [1.165, 1.54) is 21.6 Å². The quantitative estimate of drug-likeness (QED) is 0.861. The zero-order chi connectivity index (χ0) is 11.5. The van der Waals surface area contributed by atoms with Gasteiger partial charge in [-0.3, -0.25) is 0 Å². The fourth-order valence-electron chi connectivity index (χ4n) is 1.89. The Labute approximate surface area is 105 Å². The van der Waals surface area contributed by atoms with E-state index in [0.29, 0.717) is 6.04 Å². The number of thiophene rings is 2. The average Bonchev–Trinajstić information content (AvgIpc) is 2.84. The van der Waals surface area contributed by atoms with Crippen molar-refractivity contribution < 1.29 is 0 Å². The van der Waals surface area contributed by atoms with Crippen molar-refractivity contribution in [2.75, 3.05) is 6.54 Å². The predicted octanol–water partition coefficient (Wildman–Crippen LogP) is 4.13. The van der Waals surface area contributed by atoms with Crippen molar-refractivity contribution in [3.63, 3.8) is 0 Å². The molecule has 0 aromatic carbocycles. The van der Waals surface area contributed by atoms with Crippen LogP contribution >= 0.6 is 22.7 Å². The summed E-state index contributed by atoms with van der Waals surface area (Å²) in [5, 5.41) is 10.3. The monoisotopic (exact) mass is 251 g/mol. The molecule has 16 heavy (non-hydrogen) atoms. The summed E-state index contributed by atoms with van der Waals surface area (Å²) in [4.78, 5) is 1.45.